The number of carbonyl (C=O) groups excluding carboxylic acids is 2. The molecule has 108 valence electrons. The van der Waals surface area contributed by atoms with Gasteiger partial charge in [0.25, 0.3) is 5.91 Å². The molecule has 1 aromatic carbocycles. The van der Waals surface area contributed by atoms with Crippen molar-refractivity contribution in [3.63, 3.8) is 0 Å². The predicted octanol–water partition coefficient (Wildman–Crippen LogP) is 0.559. The van der Waals surface area contributed by atoms with E-state index >= 15 is 0 Å². The molecular weight excluding hydrogens is 260 g/mol. The Kier molecular flexibility index (Phi) is 4.36. The molecule has 0 bridgehead atoms. The number of amides is 1. The van der Waals surface area contributed by atoms with E-state index in [0.29, 0.717) is 23.5 Å². The first-order chi connectivity index (χ1) is 9.52. The molecule has 2 atom stereocenters. The van der Waals surface area contributed by atoms with Crippen LogP contribution < -0.4 is 15.4 Å². The molecule has 1 aromatic rings. The number of ether oxygens (including phenoxy) is 1. The van der Waals surface area contributed by atoms with E-state index in [-0.39, 0.29) is 18.3 Å². The van der Waals surface area contributed by atoms with Gasteiger partial charge in [0.2, 0.25) is 0 Å². The standard InChI is InChI=1S/C14H18N2O4/c1-8(15-5-6-17)13(18)10-3-4-12-11(7-10)16-14(19)9(2)20-12/h3-4,7-9,15,17H,5-6H2,1-2H3,(H,16,19). The Morgan fingerprint density at radius 3 is 3.00 bits per heavy atom. The minimum atomic E-state index is -0.533. The molecule has 20 heavy (non-hydrogen) atoms. The zero-order valence-electron chi connectivity index (χ0n) is 11.5. The quantitative estimate of drug-likeness (QED) is 0.685. The predicted molar refractivity (Wildman–Crippen MR) is 74.0 cm³/mol. The van der Waals surface area contributed by atoms with Crippen LogP contribution in [0, 0.1) is 0 Å². The molecule has 0 aliphatic carbocycles. The van der Waals surface area contributed by atoms with Crippen molar-refractivity contribution in [2.45, 2.75) is 26.0 Å². The summed E-state index contributed by atoms with van der Waals surface area (Å²) in [5.74, 6) is 0.229. The summed E-state index contributed by atoms with van der Waals surface area (Å²) in [4.78, 5) is 23.7. The molecule has 6 nitrogen and oxygen atoms in total. The third-order valence-electron chi connectivity index (χ3n) is 3.15. The molecule has 2 rings (SSSR count). The maximum absolute atomic E-state index is 12.2. The summed E-state index contributed by atoms with van der Waals surface area (Å²) < 4.78 is 5.43. The average Bonchev–Trinajstić information content (AvgIpc) is 2.44. The van der Waals surface area contributed by atoms with Gasteiger partial charge in [0, 0.05) is 12.1 Å². The molecule has 1 aliphatic heterocycles. The highest BCUT2D eigenvalue weighted by atomic mass is 16.5. The Labute approximate surface area is 117 Å². The molecule has 6 heteroatoms. The maximum atomic E-state index is 12.2. The first kappa shape index (κ1) is 14.5. The molecule has 3 N–H and O–H groups in total. The van der Waals surface area contributed by atoms with Crippen molar-refractivity contribution < 1.29 is 19.4 Å². The fourth-order valence-electron chi connectivity index (χ4n) is 1.99. The second kappa shape index (κ2) is 6.02. The molecule has 0 fully saturated rings. The van der Waals surface area contributed by atoms with Gasteiger partial charge in [-0.05, 0) is 32.0 Å². The molecule has 1 heterocycles. The molecule has 0 saturated carbocycles. The van der Waals surface area contributed by atoms with Crippen LogP contribution in [-0.4, -0.2) is 42.1 Å². The number of rotatable bonds is 5. The van der Waals surface area contributed by atoms with E-state index in [0.717, 1.165) is 0 Å². The van der Waals surface area contributed by atoms with Gasteiger partial charge in [0.1, 0.15) is 5.75 Å². The molecule has 0 spiro atoms. The second-order valence-electron chi connectivity index (χ2n) is 4.72. The highest BCUT2D eigenvalue weighted by Gasteiger charge is 2.25. The van der Waals surface area contributed by atoms with Crippen molar-refractivity contribution in [2.24, 2.45) is 0 Å². The summed E-state index contributed by atoms with van der Waals surface area (Å²) in [6.45, 7) is 3.73. The van der Waals surface area contributed by atoms with Crippen molar-refractivity contribution in [3.8, 4) is 5.75 Å². The number of Topliss-reactive ketones (excluding diaryl/α,β-unsaturated/α-hetero) is 1. The third-order valence-corrected chi connectivity index (χ3v) is 3.15. The first-order valence-corrected chi connectivity index (χ1v) is 6.53. The number of hydrogen-bond acceptors (Lipinski definition) is 5. The Morgan fingerprint density at radius 2 is 2.30 bits per heavy atom. The number of hydrogen-bond donors (Lipinski definition) is 3. The fraction of sp³-hybridized carbons (Fsp3) is 0.429. The summed E-state index contributed by atoms with van der Waals surface area (Å²) in [7, 11) is 0. The number of aliphatic hydroxyl groups is 1. The van der Waals surface area contributed by atoms with Gasteiger partial charge >= 0.3 is 0 Å². The van der Waals surface area contributed by atoms with Crippen molar-refractivity contribution in [1.82, 2.24) is 5.32 Å². The van der Waals surface area contributed by atoms with Crippen LogP contribution in [0.5, 0.6) is 5.75 Å². The number of aliphatic hydroxyl groups excluding tert-OH is 1. The topological polar surface area (TPSA) is 87.7 Å². The van der Waals surface area contributed by atoms with E-state index in [1.807, 2.05) is 0 Å². The van der Waals surface area contributed by atoms with Crippen LogP contribution >= 0.6 is 0 Å². The minimum Gasteiger partial charge on any atom is -0.479 e. The number of nitrogens with one attached hydrogen (secondary N) is 2. The lowest BCUT2D eigenvalue weighted by Gasteiger charge is -2.23. The first-order valence-electron chi connectivity index (χ1n) is 6.53. The lowest BCUT2D eigenvalue weighted by Crippen LogP contribution is -2.36. The zero-order chi connectivity index (χ0) is 14.7. The van der Waals surface area contributed by atoms with Crippen molar-refractivity contribution in [1.29, 1.82) is 0 Å². The van der Waals surface area contributed by atoms with Crippen LogP contribution in [0.2, 0.25) is 0 Å². The molecule has 1 aliphatic rings. The number of anilines is 1. The summed E-state index contributed by atoms with van der Waals surface area (Å²) in [5, 5.41) is 14.4. The normalized spacial score (nSPS) is 18.8. The van der Waals surface area contributed by atoms with Gasteiger partial charge in [-0.2, -0.15) is 0 Å². The van der Waals surface area contributed by atoms with E-state index in [4.69, 9.17) is 9.84 Å². The zero-order valence-corrected chi connectivity index (χ0v) is 11.5. The van der Waals surface area contributed by atoms with E-state index in [9.17, 15) is 9.59 Å². The summed E-state index contributed by atoms with van der Waals surface area (Å²) in [6.07, 6.45) is -0.533. The molecule has 1 amide bonds. The summed E-state index contributed by atoms with van der Waals surface area (Å²) >= 11 is 0. The van der Waals surface area contributed by atoms with Crippen molar-refractivity contribution >= 4 is 17.4 Å². The SMILES string of the molecule is CC(NCCO)C(=O)c1ccc2c(c1)NC(=O)C(C)O2. The van der Waals surface area contributed by atoms with E-state index in [1.54, 1.807) is 32.0 Å². The van der Waals surface area contributed by atoms with Crippen LogP contribution in [0.25, 0.3) is 0 Å². The molecule has 0 radical (unpaired) electrons. The van der Waals surface area contributed by atoms with Gasteiger partial charge in [0.15, 0.2) is 11.9 Å². The van der Waals surface area contributed by atoms with Crippen molar-refractivity contribution in [3.05, 3.63) is 23.8 Å². The summed E-state index contributed by atoms with van der Waals surface area (Å²) in [6, 6.07) is 4.55. The van der Waals surface area contributed by atoms with Crippen LogP contribution in [0.4, 0.5) is 5.69 Å². The lowest BCUT2D eigenvalue weighted by atomic mass is 10.0. The highest BCUT2D eigenvalue weighted by Crippen LogP contribution is 2.30. The van der Waals surface area contributed by atoms with Crippen molar-refractivity contribution in [2.75, 3.05) is 18.5 Å². The third kappa shape index (κ3) is 2.97. The molecular formula is C14H18N2O4. The highest BCUT2D eigenvalue weighted by molar-refractivity contribution is 6.03. The average molecular weight is 278 g/mol. The fourth-order valence-corrected chi connectivity index (χ4v) is 1.99. The molecule has 2 unspecified atom stereocenters. The summed E-state index contributed by atoms with van der Waals surface area (Å²) in [5.41, 5.74) is 0.994. The maximum Gasteiger partial charge on any atom is 0.265 e. The van der Waals surface area contributed by atoms with Gasteiger partial charge < -0.3 is 20.5 Å². The lowest BCUT2D eigenvalue weighted by molar-refractivity contribution is -0.122. The van der Waals surface area contributed by atoms with Crippen LogP contribution in [-0.2, 0) is 4.79 Å². The van der Waals surface area contributed by atoms with Crippen LogP contribution in [0.15, 0.2) is 18.2 Å². The Balaban J connectivity index is 2.17. The number of ketones is 1. The number of carbonyl (C=O) groups is 2. The molecule has 0 aromatic heterocycles. The van der Waals surface area contributed by atoms with Crippen LogP contribution in [0.1, 0.15) is 24.2 Å². The van der Waals surface area contributed by atoms with Gasteiger partial charge in [-0.25, -0.2) is 0 Å². The van der Waals surface area contributed by atoms with Gasteiger partial charge in [-0.3, -0.25) is 9.59 Å². The Hall–Kier alpha value is -1.92. The van der Waals surface area contributed by atoms with E-state index in [2.05, 4.69) is 10.6 Å². The van der Waals surface area contributed by atoms with E-state index < -0.39 is 12.1 Å². The minimum absolute atomic E-state index is 0.0242. The van der Waals surface area contributed by atoms with Gasteiger partial charge in [-0.15, -0.1) is 0 Å². The number of benzene rings is 1. The van der Waals surface area contributed by atoms with Gasteiger partial charge in [-0.1, -0.05) is 0 Å². The monoisotopic (exact) mass is 278 g/mol. The second-order valence-corrected chi connectivity index (χ2v) is 4.72. The number of fused-ring (bicyclic) bond motifs is 1. The Bertz CT molecular complexity index is 530. The Morgan fingerprint density at radius 1 is 1.55 bits per heavy atom. The largest absolute Gasteiger partial charge is 0.479 e. The van der Waals surface area contributed by atoms with Crippen LogP contribution in [0.3, 0.4) is 0 Å². The van der Waals surface area contributed by atoms with E-state index in [1.165, 1.54) is 0 Å². The molecule has 0 saturated heterocycles. The smallest absolute Gasteiger partial charge is 0.265 e. The van der Waals surface area contributed by atoms with Gasteiger partial charge in [0.05, 0.1) is 18.3 Å².